The van der Waals surface area contributed by atoms with E-state index in [-0.39, 0.29) is 17.1 Å². The van der Waals surface area contributed by atoms with Gasteiger partial charge < -0.3 is 13.9 Å². The van der Waals surface area contributed by atoms with E-state index in [2.05, 4.69) is 5.32 Å². The van der Waals surface area contributed by atoms with Gasteiger partial charge in [-0.3, -0.25) is 19.8 Å². The second-order valence-electron chi connectivity index (χ2n) is 5.52. The Kier molecular flexibility index (Phi) is 5.18. The number of benzene rings is 1. The number of hydrogen-bond acceptors (Lipinski definition) is 6. The first-order valence-corrected chi connectivity index (χ1v) is 8.15. The van der Waals surface area contributed by atoms with E-state index in [1.54, 1.807) is 12.1 Å². The van der Waals surface area contributed by atoms with Gasteiger partial charge in [-0.1, -0.05) is 11.6 Å². The molecule has 9 heteroatoms. The Morgan fingerprint density at radius 1 is 1.19 bits per heavy atom. The molecular formula is C18H15ClN2O6. The van der Waals surface area contributed by atoms with Crippen LogP contribution in [0.4, 0.5) is 4.79 Å². The molecule has 0 saturated carbocycles. The maximum Gasteiger partial charge on any atom is 0.331 e. The summed E-state index contributed by atoms with van der Waals surface area (Å²) in [6.07, 6.45) is 2.72. The summed E-state index contributed by atoms with van der Waals surface area (Å²) in [4.78, 5) is 37.8. The van der Waals surface area contributed by atoms with Gasteiger partial charge in [0.2, 0.25) is 0 Å². The predicted octanol–water partition coefficient (Wildman–Crippen LogP) is 2.61. The minimum Gasteiger partial charge on any atom is -0.493 e. The monoisotopic (exact) mass is 390 g/mol. The van der Waals surface area contributed by atoms with Crippen molar-refractivity contribution in [3.05, 3.63) is 52.4 Å². The number of halogens is 1. The molecule has 140 valence electrons. The van der Waals surface area contributed by atoms with Gasteiger partial charge in [0.15, 0.2) is 11.5 Å². The van der Waals surface area contributed by atoms with Gasteiger partial charge in [-0.2, -0.15) is 0 Å². The molecule has 0 bridgehead atoms. The predicted molar refractivity (Wildman–Crippen MR) is 95.3 cm³/mol. The molecule has 2 aromatic rings. The Hall–Kier alpha value is -3.26. The summed E-state index contributed by atoms with van der Waals surface area (Å²) in [7, 11) is 2.91. The first-order chi connectivity index (χ1) is 12.9. The Morgan fingerprint density at radius 3 is 2.52 bits per heavy atom. The van der Waals surface area contributed by atoms with Gasteiger partial charge in [0.25, 0.3) is 11.8 Å². The molecular weight excluding hydrogens is 376 g/mol. The number of methoxy groups -OCH3 is 2. The standard InChI is InChI=1S/C18H15ClN2O6/c1-25-14-7-10(13(19)8-15(14)26-2)6-12-16(22)20-18(24)21(17(12)23)9-11-4-3-5-27-11/h3-8H,9H2,1-2H3,(H,20,22,24)/b12-6+. The number of amides is 4. The van der Waals surface area contributed by atoms with Crippen LogP contribution in [0.2, 0.25) is 5.02 Å². The second-order valence-corrected chi connectivity index (χ2v) is 5.92. The Balaban J connectivity index is 1.98. The van der Waals surface area contributed by atoms with Crippen molar-refractivity contribution in [2.45, 2.75) is 6.54 Å². The van der Waals surface area contributed by atoms with E-state index in [0.29, 0.717) is 22.8 Å². The first-order valence-electron chi connectivity index (χ1n) is 7.77. The van der Waals surface area contributed by atoms with E-state index < -0.39 is 17.8 Å². The fourth-order valence-electron chi connectivity index (χ4n) is 2.53. The Morgan fingerprint density at radius 2 is 1.89 bits per heavy atom. The molecule has 4 amide bonds. The minimum absolute atomic E-state index is 0.109. The van der Waals surface area contributed by atoms with Crippen LogP contribution in [-0.4, -0.2) is 37.0 Å². The molecule has 1 aliphatic heterocycles. The summed E-state index contributed by atoms with van der Waals surface area (Å²) in [5, 5.41) is 2.38. The second kappa shape index (κ2) is 7.55. The quantitative estimate of drug-likeness (QED) is 0.622. The van der Waals surface area contributed by atoms with E-state index in [1.165, 1.54) is 38.7 Å². The molecule has 3 rings (SSSR count). The third-order valence-electron chi connectivity index (χ3n) is 3.88. The van der Waals surface area contributed by atoms with Crippen LogP contribution < -0.4 is 14.8 Å². The average Bonchev–Trinajstić information content (AvgIpc) is 3.16. The third-order valence-corrected chi connectivity index (χ3v) is 4.21. The molecule has 1 aliphatic rings. The van der Waals surface area contributed by atoms with Gasteiger partial charge >= 0.3 is 6.03 Å². The normalized spacial score (nSPS) is 15.9. The van der Waals surface area contributed by atoms with E-state index in [1.807, 2.05) is 0 Å². The summed E-state index contributed by atoms with van der Waals surface area (Å²) in [6, 6.07) is 5.46. The summed E-state index contributed by atoms with van der Waals surface area (Å²) >= 11 is 6.21. The van der Waals surface area contributed by atoms with Crippen LogP contribution in [0.5, 0.6) is 11.5 Å². The van der Waals surface area contributed by atoms with Gasteiger partial charge in [0.05, 0.1) is 32.1 Å². The lowest BCUT2D eigenvalue weighted by atomic mass is 10.1. The number of carbonyl (C=O) groups is 3. The number of rotatable bonds is 5. The molecule has 0 aliphatic carbocycles. The molecule has 1 aromatic heterocycles. The molecule has 0 atom stereocenters. The summed E-state index contributed by atoms with van der Waals surface area (Å²) < 4.78 is 15.5. The molecule has 1 saturated heterocycles. The SMILES string of the molecule is COc1cc(Cl)c(/C=C2\C(=O)NC(=O)N(Cc3ccco3)C2=O)cc1OC. The summed E-state index contributed by atoms with van der Waals surface area (Å²) in [6.45, 7) is -0.109. The lowest BCUT2D eigenvalue weighted by Crippen LogP contribution is -2.53. The molecule has 0 radical (unpaired) electrons. The number of furan rings is 1. The van der Waals surface area contributed by atoms with Crippen molar-refractivity contribution in [2.24, 2.45) is 0 Å². The van der Waals surface area contributed by atoms with Gasteiger partial charge in [0.1, 0.15) is 11.3 Å². The van der Waals surface area contributed by atoms with Crippen LogP contribution in [0.25, 0.3) is 6.08 Å². The molecule has 1 N–H and O–H groups in total. The van der Waals surface area contributed by atoms with Crippen molar-refractivity contribution in [3.8, 4) is 11.5 Å². The molecule has 1 aromatic carbocycles. The molecule has 0 spiro atoms. The van der Waals surface area contributed by atoms with Crippen LogP contribution in [-0.2, 0) is 16.1 Å². The zero-order valence-electron chi connectivity index (χ0n) is 14.4. The molecule has 2 heterocycles. The van der Waals surface area contributed by atoms with Crippen LogP contribution in [0.3, 0.4) is 0 Å². The van der Waals surface area contributed by atoms with Gasteiger partial charge in [-0.15, -0.1) is 0 Å². The highest BCUT2D eigenvalue weighted by Crippen LogP contribution is 2.34. The molecule has 0 unspecified atom stereocenters. The third kappa shape index (κ3) is 3.65. The van der Waals surface area contributed by atoms with Crippen LogP contribution in [0.15, 0.2) is 40.5 Å². The number of carbonyl (C=O) groups excluding carboxylic acids is 3. The van der Waals surface area contributed by atoms with E-state index in [9.17, 15) is 14.4 Å². The lowest BCUT2D eigenvalue weighted by molar-refractivity contribution is -0.130. The van der Waals surface area contributed by atoms with E-state index in [0.717, 1.165) is 4.90 Å². The highest BCUT2D eigenvalue weighted by molar-refractivity contribution is 6.34. The van der Waals surface area contributed by atoms with E-state index in [4.69, 9.17) is 25.5 Å². The van der Waals surface area contributed by atoms with Crippen LogP contribution in [0, 0.1) is 0 Å². The minimum atomic E-state index is -0.822. The number of urea groups is 1. The molecule has 8 nitrogen and oxygen atoms in total. The zero-order chi connectivity index (χ0) is 19.6. The highest BCUT2D eigenvalue weighted by atomic mass is 35.5. The summed E-state index contributed by atoms with van der Waals surface area (Å²) in [5.41, 5.74) is 0.121. The van der Waals surface area contributed by atoms with Crippen molar-refractivity contribution in [1.82, 2.24) is 10.2 Å². The van der Waals surface area contributed by atoms with Crippen molar-refractivity contribution < 1.29 is 28.3 Å². The zero-order valence-corrected chi connectivity index (χ0v) is 15.2. The number of imide groups is 2. The maximum absolute atomic E-state index is 12.7. The van der Waals surface area contributed by atoms with Gasteiger partial charge in [0, 0.05) is 6.07 Å². The van der Waals surface area contributed by atoms with Crippen molar-refractivity contribution in [3.63, 3.8) is 0 Å². The number of ether oxygens (including phenoxy) is 2. The lowest BCUT2D eigenvalue weighted by Gasteiger charge is -2.25. The largest absolute Gasteiger partial charge is 0.493 e. The number of nitrogens with zero attached hydrogens (tertiary/aromatic N) is 1. The first kappa shape index (κ1) is 18.5. The van der Waals surface area contributed by atoms with Gasteiger partial charge in [-0.25, -0.2) is 4.79 Å². The fraction of sp³-hybridized carbons (Fsp3) is 0.167. The summed E-state index contributed by atoms with van der Waals surface area (Å²) in [5.74, 6) is -0.395. The fourth-order valence-corrected chi connectivity index (χ4v) is 2.74. The Labute approximate surface area is 159 Å². The average molecular weight is 391 g/mol. The van der Waals surface area contributed by atoms with Crippen LogP contribution >= 0.6 is 11.6 Å². The smallest absolute Gasteiger partial charge is 0.331 e. The van der Waals surface area contributed by atoms with Gasteiger partial charge in [-0.05, 0) is 29.8 Å². The van der Waals surface area contributed by atoms with Crippen molar-refractivity contribution >= 4 is 35.5 Å². The maximum atomic E-state index is 12.7. The molecule has 27 heavy (non-hydrogen) atoms. The van der Waals surface area contributed by atoms with Crippen molar-refractivity contribution in [1.29, 1.82) is 0 Å². The topological polar surface area (TPSA) is 98.1 Å². The number of barbiturate groups is 1. The van der Waals surface area contributed by atoms with Crippen LogP contribution in [0.1, 0.15) is 11.3 Å². The number of hydrogen-bond donors (Lipinski definition) is 1. The van der Waals surface area contributed by atoms with E-state index >= 15 is 0 Å². The number of nitrogens with one attached hydrogen (secondary N) is 1. The van der Waals surface area contributed by atoms with Crippen molar-refractivity contribution in [2.75, 3.05) is 14.2 Å². The molecule has 1 fully saturated rings. The highest BCUT2D eigenvalue weighted by Gasteiger charge is 2.36. The Bertz CT molecular complexity index is 936.